The van der Waals surface area contributed by atoms with Crippen LogP contribution in [-0.4, -0.2) is 53.3 Å². The first-order chi connectivity index (χ1) is 12.7. The van der Waals surface area contributed by atoms with Gasteiger partial charge in [0.2, 0.25) is 0 Å². The van der Waals surface area contributed by atoms with Crippen LogP contribution in [0.4, 0.5) is 10.5 Å². The van der Waals surface area contributed by atoms with E-state index in [2.05, 4.69) is 0 Å². The van der Waals surface area contributed by atoms with E-state index in [0.29, 0.717) is 19.6 Å². The van der Waals surface area contributed by atoms with E-state index in [1.807, 2.05) is 56.0 Å². The molecule has 0 aromatic heterocycles. The molecule has 3 fully saturated rings. The Balaban J connectivity index is 1.58. The summed E-state index contributed by atoms with van der Waals surface area (Å²) in [5, 5.41) is 0. The maximum Gasteiger partial charge on any atom is 0.410 e. The Morgan fingerprint density at radius 1 is 1.11 bits per heavy atom. The number of carbonyl (C=O) groups excluding carboxylic acids is 2. The third-order valence-electron chi connectivity index (χ3n) is 5.46. The summed E-state index contributed by atoms with van der Waals surface area (Å²) in [6, 6.07) is 9.75. The number of likely N-dealkylation sites (tertiary alicyclic amines) is 1. The van der Waals surface area contributed by atoms with Crippen LogP contribution in [0.5, 0.6) is 0 Å². The fourth-order valence-electron chi connectivity index (χ4n) is 4.13. The molecule has 2 aliphatic heterocycles. The Labute approximate surface area is 160 Å². The van der Waals surface area contributed by atoms with E-state index >= 15 is 0 Å². The molecule has 2 spiro atoms. The number of morpholine rings is 1. The highest BCUT2D eigenvalue weighted by molar-refractivity contribution is 6.02. The quantitative estimate of drug-likeness (QED) is 0.759. The molecule has 0 radical (unpaired) electrons. The minimum Gasteiger partial charge on any atom is -0.444 e. The number of amides is 2. The van der Waals surface area contributed by atoms with Crippen LogP contribution in [0.2, 0.25) is 0 Å². The van der Waals surface area contributed by atoms with Crippen molar-refractivity contribution in [1.29, 1.82) is 0 Å². The topological polar surface area (TPSA) is 59.1 Å². The molecule has 2 amide bonds. The van der Waals surface area contributed by atoms with Crippen molar-refractivity contribution in [2.24, 2.45) is 0 Å². The molecule has 146 valence electrons. The van der Waals surface area contributed by atoms with Crippen molar-refractivity contribution in [3.8, 4) is 0 Å². The lowest BCUT2D eigenvalue weighted by Gasteiger charge is -2.50. The van der Waals surface area contributed by atoms with Crippen LogP contribution in [-0.2, 0) is 14.3 Å². The smallest absolute Gasteiger partial charge is 0.410 e. The van der Waals surface area contributed by atoms with Crippen molar-refractivity contribution in [2.75, 3.05) is 24.5 Å². The van der Waals surface area contributed by atoms with Crippen LogP contribution < -0.4 is 4.90 Å². The van der Waals surface area contributed by atoms with Gasteiger partial charge in [-0.2, -0.15) is 0 Å². The zero-order valence-electron chi connectivity index (χ0n) is 16.4. The number of hydrogen-bond acceptors (Lipinski definition) is 4. The molecule has 1 atom stereocenters. The largest absolute Gasteiger partial charge is 0.444 e. The Morgan fingerprint density at radius 2 is 1.81 bits per heavy atom. The lowest BCUT2D eigenvalue weighted by Crippen LogP contribution is -2.66. The van der Waals surface area contributed by atoms with Crippen LogP contribution in [0.1, 0.15) is 46.5 Å². The summed E-state index contributed by atoms with van der Waals surface area (Å²) < 4.78 is 12.0. The molecular weight excluding hydrogens is 344 g/mol. The summed E-state index contributed by atoms with van der Waals surface area (Å²) in [7, 11) is 0. The number of nitrogens with zero attached hydrogens (tertiary/aromatic N) is 2. The van der Waals surface area contributed by atoms with Gasteiger partial charge in [-0.05, 0) is 58.6 Å². The van der Waals surface area contributed by atoms with E-state index < -0.39 is 16.8 Å². The summed E-state index contributed by atoms with van der Waals surface area (Å²) in [5.74, 6) is 0.0497. The molecule has 3 aliphatic rings. The molecule has 27 heavy (non-hydrogen) atoms. The highest BCUT2D eigenvalue weighted by Gasteiger charge is 2.62. The molecule has 4 rings (SSSR count). The lowest BCUT2D eigenvalue weighted by molar-refractivity contribution is -0.172. The highest BCUT2D eigenvalue weighted by Crippen LogP contribution is 2.50. The molecule has 0 bridgehead atoms. The van der Waals surface area contributed by atoms with Crippen molar-refractivity contribution < 1.29 is 19.1 Å². The van der Waals surface area contributed by atoms with Crippen LogP contribution in [0.15, 0.2) is 30.3 Å². The number of ether oxygens (including phenoxy) is 2. The molecule has 1 saturated carbocycles. The molecular formula is C21H28N2O4. The Morgan fingerprint density at radius 3 is 2.44 bits per heavy atom. The van der Waals surface area contributed by atoms with Gasteiger partial charge in [-0.25, -0.2) is 4.79 Å². The van der Waals surface area contributed by atoms with Gasteiger partial charge in [0, 0.05) is 12.2 Å². The van der Waals surface area contributed by atoms with Crippen molar-refractivity contribution in [2.45, 2.75) is 63.3 Å². The molecule has 6 heteroatoms. The van der Waals surface area contributed by atoms with Crippen molar-refractivity contribution >= 4 is 17.7 Å². The predicted octanol–water partition coefficient (Wildman–Crippen LogP) is 3.35. The summed E-state index contributed by atoms with van der Waals surface area (Å²) in [4.78, 5) is 29.2. The van der Waals surface area contributed by atoms with Crippen molar-refractivity contribution in [3.05, 3.63) is 30.3 Å². The second kappa shape index (κ2) is 6.23. The van der Waals surface area contributed by atoms with Gasteiger partial charge < -0.3 is 19.3 Å². The number of carbonyl (C=O) groups is 2. The van der Waals surface area contributed by atoms with Crippen molar-refractivity contribution in [3.63, 3.8) is 0 Å². The number of hydrogen-bond donors (Lipinski definition) is 0. The normalized spacial score (nSPS) is 27.1. The van der Waals surface area contributed by atoms with Gasteiger partial charge in [-0.3, -0.25) is 4.79 Å². The number of rotatable bonds is 1. The third-order valence-corrected chi connectivity index (χ3v) is 5.46. The molecule has 1 unspecified atom stereocenters. The minimum atomic E-state index is -0.703. The second-order valence-corrected chi connectivity index (χ2v) is 9.01. The zero-order chi connectivity index (χ0) is 19.3. The zero-order valence-corrected chi connectivity index (χ0v) is 16.4. The molecule has 2 saturated heterocycles. The average Bonchev–Trinajstić information content (AvgIpc) is 3.38. The van der Waals surface area contributed by atoms with Gasteiger partial charge in [0.05, 0.1) is 13.1 Å². The van der Waals surface area contributed by atoms with Crippen LogP contribution in [0.25, 0.3) is 0 Å². The Bertz CT molecular complexity index is 738. The van der Waals surface area contributed by atoms with E-state index in [1.54, 1.807) is 4.90 Å². The van der Waals surface area contributed by atoms with E-state index in [0.717, 1.165) is 31.4 Å². The van der Waals surface area contributed by atoms with E-state index in [4.69, 9.17) is 9.47 Å². The van der Waals surface area contributed by atoms with Crippen LogP contribution >= 0.6 is 0 Å². The standard InChI is InChI=1S/C21H28N2O4/c1-19(2,3)26-18(25)22-13-7-10-20(14-22)15-23(16-8-5-4-6-9-16)17(24)21(27-20)11-12-21/h4-6,8-9H,7,10-15H2,1-3H3. The second-order valence-electron chi connectivity index (χ2n) is 9.01. The predicted molar refractivity (Wildman–Crippen MR) is 102 cm³/mol. The minimum absolute atomic E-state index is 0.0497. The van der Waals surface area contributed by atoms with Gasteiger partial charge in [-0.1, -0.05) is 18.2 Å². The van der Waals surface area contributed by atoms with Gasteiger partial charge in [0.15, 0.2) is 0 Å². The number of para-hydroxylation sites is 1. The SMILES string of the molecule is CC(C)(C)OC(=O)N1CCCC2(C1)CN(c1ccccc1)C(=O)C1(CC1)O2. The van der Waals surface area contributed by atoms with E-state index in [-0.39, 0.29) is 12.0 Å². The van der Waals surface area contributed by atoms with Crippen LogP contribution in [0, 0.1) is 0 Å². The summed E-state index contributed by atoms with van der Waals surface area (Å²) >= 11 is 0. The molecule has 2 heterocycles. The molecule has 6 nitrogen and oxygen atoms in total. The molecule has 1 aliphatic carbocycles. The first kappa shape index (κ1) is 18.3. The summed E-state index contributed by atoms with van der Waals surface area (Å²) in [6.07, 6.45) is 2.88. The van der Waals surface area contributed by atoms with Gasteiger partial charge in [-0.15, -0.1) is 0 Å². The number of anilines is 1. The Hall–Kier alpha value is -2.08. The molecule has 1 aromatic carbocycles. The average molecular weight is 372 g/mol. The van der Waals surface area contributed by atoms with Crippen molar-refractivity contribution in [1.82, 2.24) is 4.90 Å². The maximum absolute atomic E-state index is 13.0. The van der Waals surface area contributed by atoms with E-state index in [1.165, 1.54) is 0 Å². The lowest BCUT2D eigenvalue weighted by atomic mass is 9.89. The first-order valence-electron chi connectivity index (χ1n) is 9.77. The van der Waals surface area contributed by atoms with Crippen LogP contribution in [0.3, 0.4) is 0 Å². The highest BCUT2D eigenvalue weighted by atomic mass is 16.6. The van der Waals surface area contributed by atoms with Gasteiger partial charge in [0.25, 0.3) is 5.91 Å². The summed E-state index contributed by atoms with van der Waals surface area (Å²) in [5.41, 5.74) is -0.870. The molecule has 1 aromatic rings. The Kier molecular flexibility index (Phi) is 4.22. The monoisotopic (exact) mass is 372 g/mol. The van der Waals surface area contributed by atoms with E-state index in [9.17, 15) is 9.59 Å². The fraction of sp³-hybridized carbons (Fsp3) is 0.619. The number of piperidine rings is 1. The molecule has 0 N–H and O–H groups in total. The first-order valence-corrected chi connectivity index (χ1v) is 9.77. The maximum atomic E-state index is 13.0. The third kappa shape index (κ3) is 3.55. The summed E-state index contributed by atoms with van der Waals surface area (Å²) in [6.45, 7) is 7.20. The van der Waals surface area contributed by atoms with Gasteiger partial charge in [0.1, 0.15) is 16.8 Å². The van der Waals surface area contributed by atoms with Gasteiger partial charge >= 0.3 is 6.09 Å². The number of benzene rings is 1. The fourth-order valence-corrected chi connectivity index (χ4v) is 4.13.